The van der Waals surface area contributed by atoms with Crippen LogP contribution in [0.2, 0.25) is 0 Å². The van der Waals surface area contributed by atoms with E-state index in [0.29, 0.717) is 11.7 Å². The van der Waals surface area contributed by atoms with E-state index in [1.165, 1.54) is 0 Å². The number of nitrogens with zero attached hydrogens (tertiary/aromatic N) is 2. The number of amides is 1. The van der Waals surface area contributed by atoms with Gasteiger partial charge in [0.05, 0.1) is 0 Å². The van der Waals surface area contributed by atoms with Gasteiger partial charge >= 0.3 is 0 Å². The van der Waals surface area contributed by atoms with Crippen LogP contribution in [0.3, 0.4) is 0 Å². The second kappa shape index (κ2) is 4.50. The number of piperazine rings is 1. The maximum Gasteiger partial charge on any atom is 0.270 e. The molecule has 17 heavy (non-hydrogen) atoms. The summed E-state index contributed by atoms with van der Waals surface area (Å²) < 4.78 is 0. The third kappa shape index (κ3) is 2.08. The van der Waals surface area contributed by atoms with Crippen molar-refractivity contribution in [1.82, 2.24) is 20.1 Å². The molecule has 2 fully saturated rings. The second-order valence-electron chi connectivity index (χ2n) is 4.72. The van der Waals surface area contributed by atoms with E-state index in [0.717, 1.165) is 39.3 Å². The van der Waals surface area contributed by atoms with Crippen LogP contribution < -0.4 is 5.32 Å². The monoisotopic (exact) mass is 234 g/mol. The molecule has 2 N–H and O–H groups in total. The lowest BCUT2D eigenvalue weighted by atomic mass is 10.1. The molecule has 1 aromatic rings. The zero-order valence-corrected chi connectivity index (χ0v) is 9.85. The van der Waals surface area contributed by atoms with E-state index in [4.69, 9.17) is 0 Å². The van der Waals surface area contributed by atoms with Crippen LogP contribution in [0.1, 0.15) is 10.5 Å². The lowest BCUT2D eigenvalue weighted by molar-refractivity contribution is 0.0498. The number of aromatic amines is 1. The topological polar surface area (TPSA) is 51.4 Å². The molecule has 92 valence electrons. The summed E-state index contributed by atoms with van der Waals surface area (Å²) in [6, 6.07) is 4.39. The Hall–Kier alpha value is -1.33. The Morgan fingerprint density at radius 1 is 1.24 bits per heavy atom. The summed E-state index contributed by atoms with van der Waals surface area (Å²) in [5.74, 6) is 0.126. The SMILES string of the molecule is O=C(c1ccc[nH]1)N1CCN(C2CNC2)CC1. The number of rotatable bonds is 2. The first kappa shape index (κ1) is 10.8. The average molecular weight is 234 g/mol. The van der Waals surface area contributed by atoms with E-state index < -0.39 is 0 Å². The smallest absolute Gasteiger partial charge is 0.270 e. The van der Waals surface area contributed by atoms with E-state index in [1.54, 1.807) is 6.20 Å². The van der Waals surface area contributed by atoms with Gasteiger partial charge < -0.3 is 15.2 Å². The van der Waals surface area contributed by atoms with Crippen molar-refractivity contribution in [2.45, 2.75) is 6.04 Å². The molecule has 2 aliphatic rings. The third-order valence-electron chi connectivity index (χ3n) is 3.71. The predicted octanol–water partition coefficient (Wildman–Crippen LogP) is -0.256. The van der Waals surface area contributed by atoms with Crippen LogP contribution >= 0.6 is 0 Å². The number of nitrogens with one attached hydrogen (secondary N) is 2. The molecule has 3 heterocycles. The zero-order chi connectivity index (χ0) is 11.7. The molecule has 5 nitrogen and oxygen atoms in total. The minimum atomic E-state index is 0.126. The first-order valence-corrected chi connectivity index (χ1v) is 6.22. The van der Waals surface area contributed by atoms with E-state index >= 15 is 0 Å². The Morgan fingerprint density at radius 3 is 2.53 bits per heavy atom. The number of hydrogen-bond acceptors (Lipinski definition) is 3. The number of hydrogen-bond donors (Lipinski definition) is 2. The molecule has 0 radical (unpaired) electrons. The minimum absolute atomic E-state index is 0.126. The lowest BCUT2D eigenvalue weighted by Crippen LogP contribution is -2.62. The van der Waals surface area contributed by atoms with Gasteiger partial charge in [-0.2, -0.15) is 0 Å². The van der Waals surface area contributed by atoms with E-state index in [-0.39, 0.29) is 5.91 Å². The highest BCUT2D eigenvalue weighted by Crippen LogP contribution is 2.11. The average Bonchev–Trinajstić information content (AvgIpc) is 2.80. The van der Waals surface area contributed by atoms with Crippen molar-refractivity contribution >= 4 is 5.91 Å². The van der Waals surface area contributed by atoms with Crippen molar-refractivity contribution in [3.63, 3.8) is 0 Å². The summed E-state index contributed by atoms with van der Waals surface area (Å²) in [6.07, 6.45) is 1.80. The lowest BCUT2D eigenvalue weighted by Gasteiger charge is -2.43. The maximum absolute atomic E-state index is 12.1. The van der Waals surface area contributed by atoms with E-state index in [1.807, 2.05) is 17.0 Å². The molecule has 1 amide bonds. The highest BCUT2D eigenvalue weighted by molar-refractivity contribution is 5.92. The molecule has 0 atom stereocenters. The van der Waals surface area contributed by atoms with Gasteiger partial charge in [-0.3, -0.25) is 9.69 Å². The fraction of sp³-hybridized carbons (Fsp3) is 0.583. The summed E-state index contributed by atoms with van der Waals surface area (Å²) in [5.41, 5.74) is 0.698. The summed E-state index contributed by atoms with van der Waals surface area (Å²) in [5, 5.41) is 3.29. The van der Waals surface area contributed by atoms with Crippen molar-refractivity contribution in [3.8, 4) is 0 Å². The summed E-state index contributed by atoms with van der Waals surface area (Å²) in [4.78, 5) is 19.5. The Labute approximate surface area is 101 Å². The molecule has 0 aromatic carbocycles. The van der Waals surface area contributed by atoms with Gasteiger partial charge in [-0.05, 0) is 12.1 Å². The van der Waals surface area contributed by atoms with E-state index in [9.17, 15) is 4.79 Å². The van der Waals surface area contributed by atoms with Crippen LogP contribution in [0, 0.1) is 0 Å². The Morgan fingerprint density at radius 2 is 2.00 bits per heavy atom. The molecule has 5 heteroatoms. The van der Waals surface area contributed by atoms with Crippen LogP contribution in [0.25, 0.3) is 0 Å². The maximum atomic E-state index is 12.1. The largest absolute Gasteiger partial charge is 0.357 e. The fourth-order valence-corrected chi connectivity index (χ4v) is 2.46. The van der Waals surface area contributed by atoms with Crippen molar-refractivity contribution in [2.24, 2.45) is 0 Å². The van der Waals surface area contributed by atoms with Gasteiger partial charge in [0, 0.05) is 51.5 Å². The zero-order valence-electron chi connectivity index (χ0n) is 9.85. The minimum Gasteiger partial charge on any atom is -0.357 e. The predicted molar refractivity (Wildman–Crippen MR) is 64.9 cm³/mol. The Balaban J connectivity index is 1.55. The molecule has 2 saturated heterocycles. The molecular formula is C12H18N4O. The molecule has 0 spiro atoms. The van der Waals surface area contributed by atoms with Crippen LogP contribution in [0.4, 0.5) is 0 Å². The third-order valence-corrected chi connectivity index (χ3v) is 3.71. The molecular weight excluding hydrogens is 216 g/mol. The van der Waals surface area contributed by atoms with Crippen molar-refractivity contribution in [1.29, 1.82) is 0 Å². The highest BCUT2D eigenvalue weighted by atomic mass is 16.2. The van der Waals surface area contributed by atoms with Gasteiger partial charge in [0.15, 0.2) is 0 Å². The van der Waals surface area contributed by atoms with Gasteiger partial charge in [-0.1, -0.05) is 0 Å². The molecule has 0 bridgehead atoms. The van der Waals surface area contributed by atoms with Gasteiger partial charge in [-0.15, -0.1) is 0 Å². The van der Waals surface area contributed by atoms with E-state index in [2.05, 4.69) is 15.2 Å². The van der Waals surface area contributed by atoms with Crippen LogP contribution in [0.15, 0.2) is 18.3 Å². The number of H-pyrrole nitrogens is 1. The molecule has 0 saturated carbocycles. The van der Waals surface area contributed by atoms with Gasteiger partial charge in [0.2, 0.25) is 0 Å². The van der Waals surface area contributed by atoms with Crippen LogP contribution in [0.5, 0.6) is 0 Å². The summed E-state index contributed by atoms with van der Waals surface area (Å²) in [7, 11) is 0. The Bertz CT molecular complexity index is 377. The molecule has 0 unspecified atom stereocenters. The van der Waals surface area contributed by atoms with Crippen LogP contribution in [-0.4, -0.2) is 66.0 Å². The van der Waals surface area contributed by atoms with Crippen molar-refractivity contribution < 1.29 is 4.79 Å². The molecule has 0 aliphatic carbocycles. The normalized spacial score (nSPS) is 22.5. The van der Waals surface area contributed by atoms with Crippen molar-refractivity contribution in [2.75, 3.05) is 39.3 Å². The van der Waals surface area contributed by atoms with Gasteiger partial charge in [0.1, 0.15) is 5.69 Å². The Kier molecular flexibility index (Phi) is 2.86. The molecule has 3 rings (SSSR count). The number of carbonyl (C=O) groups excluding carboxylic acids is 1. The standard InChI is InChI=1S/C12H18N4O/c17-12(11-2-1-3-14-11)16-6-4-15(5-7-16)10-8-13-9-10/h1-3,10,13-14H,4-9H2. The quantitative estimate of drug-likeness (QED) is 0.741. The first-order valence-electron chi connectivity index (χ1n) is 6.22. The fourth-order valence-electron chi connectivity index (χ4n) is 2.46. The number of carbonyl (C=O) groups is 1. The van der Waals surface area contributed by atoms with Crippen LogP contribution in [-0.2, 0) is 0 Å². The second-order valence-corrected chi connectivity index (χ2v) is 4.72. The number of aromatic nitrogens is 1. The summed E-state index contributed by atoms with van der Waals surface area (Å²) >= 11 is 0. The molecule has 2 aliphatic heterocycles. The molecule has 1 aromatic heterocycles. The summed E-state index contributed by atoms with van der Waals surface area (Å²) in [6.45, 7) is 5.88. The van der Waals surface area contributed by atoms with Gasteiger partial charge in [0.25, 0.3) is 5.91 Å². The highest BCUT2D eigenvalue weighted by Gasteiger charge is 2.29. The van der Waals surface area contributed by atoms with Crippen molar-refractivity contribution in [3.05, 3.63) is 24.0 Å². The first-order chi connectivity index (χ1) is 8.34. The van der Waals surface area contributed by atoms with Gasteiger partial charge in [-0.25, -0.2) is 0 Å².